The highest BCUT2D eigenvalue weighted by atomic mass is 32.2. The maximum Gasteiger partial charge on any atom is 0.264 e. The molecule has 8 heteroatoms. The van der Waals surface area contributed by atoms with Crippen LogP contribution in [0.4, 0.5) is 4.39 Å². The summed E-state index contributed by atoms with van der Waals surface area (Å²) in [7, 11) is -7.28. The topological polar surface area (TPSA) is 77.5 Å². The Morgan fingerprint density at radius 3 is 2.23 bits per heavy atom. The lowest BCUT2D eigenvalue weighted by Crippen LogP contribution is -2.26. The Bertz CT molecular complexity index is 383. The minimum Gasteiger partial charge on any atom is -0.263 e. The maximum atomic E-state index is 12.8. The van der Waals surface area contributed by atoms with Crippen molar-refractivity contribution >= 4 is 20.0 Å². The number of sulfone groups is 1. The molecule has 2 unspecified atom stereocenters. The van der Waals surface area contributed by atoms with E-state index < -0.39 is 43.7 Å². The largest absolute Gasteiger partial charge is 0.264 e. The molecule has 0 N–H and O–H groups in total. The average molecular weight is 232 g/mol. The molecule has 1 rings (SSSR count). The first-order chi connectivity index (χ1) is 5.70. The molecule has 0 radical (unpaired) electrons. The van der Waals surface area contributed by atoms with Crippen LogP contribution in [0, 0.1) is 0 Å². The Hall–Kier alpha value is -0.210. The highest BCUT2D eigenvalue weighted by Crippen LogP contribution is 2.19. The third-order valence-corrected chi connectivity index (χ3v) is 3.79. The molecule has 1 fully saturated rings. The molecule has 0 aromatic carbocycles. The molecule has 0 spiro atoms. The van der Waals surface area contributed by atoms with E-state index in [1.54, 1.807) is 0 Å². The molecule has 0 saturated carbocycles. The van der Waals surface area contributed by atoms with Crippen molar-refractivity contribution < 1.29 is 25.4 Å². The van der Waals surface area contributed by atoms with Gasteiger partial charge in [0, 0.05) is 0 Å². The molecule has 5 nitrogen and oxygen atoms in total. The molecular weight excluding hydrogens is 223 g/mol. The van der Waals surface area contributed by atoms with Gasteiger partial charge in [0.25, 0.3) is 10.1 Å². The van der Waals surface area contributed by atoms with Crippen LogP contribution in [0.1, 0.15) is 0 Å². The van der Waals surface area contributed by atoms with Crippen LogP contribution in [0.2, 0.25) is 0 Å². The van der Waals surface area contributed by atoms with E-state index in [1.807, 2.05) is 0 Å². The van der Waals surface area contributed by atoms with Crippen molar-refractivity contribution in [2.45, 2.75) is 12.3 Å². The standard InChI is InChI=1S/C5H9FO5S2/c1-12(7,8)11-5-3-13(9,10)2-4(5)6/h4-5H,2-3H2,1H3. The van der Waals surface area contributed by atoms with Crippen molar-refractivity contribution in [3.63, 3.8) is 0 Å². The lowest BCUT2D eigenvalue weighted by Gasteiger charge is -2.09. The second-order valence-electron chi connectivity index (χ2n) is 2.93. The van der Waals surface area contributed by atoms with Crippen LogP contribution >= 0.6 is 0 Å². The number of rotatable bonds is 2. The van der Waals surface area contributed by atoms with Crippen molar-refractivity contribution in [3.05, 3.63) is 0 Å². The highest BCUT2D eigenvalue weighted by Gasteiger charge is 2.40. The van der Waals surface area contributed by atoms with Gasteiger partial charge in [-0.1, -0.05) is 0 Å². The fourth-order valence-electron chi connectivity index (χ4n) is 1.09. The van der Waals surface area contributed by atoms with E-state index in [0.29, 0.717) is 0 Å². The zero-order valence-electron chi connectivity index (χ0n) is 6.80. The van der Waals surface area contributed by atoms with E-state index in [9.17, 15) is 21.2 Å². The van der Waals surface area contributed by atoms with Gasteiger partial charge in [-0.3, -0.25) is 4.18 Å². The zero-order valence-corrected chi connectivity index (χ0v) is 8.44. The minimum absolute atomic E-state index is 0.568. The lowest BCUT2D eigenvalue weighted by molar-refractivity contribution is 0.148. The van der Waals surface area contributed by atoms with Crippen LogP contribution in [-0.4, -0.2) is 46.9 Å². The molecule has 1 heterocycles. The Kier molecular flexibility index (Phi) is 2.65. The van der Waals surface area contributed by atoms with E-state index >= 15 is 0 Å². The van der Waals surface area contributed by atoms with Crippen molar-refractivity contribution in [2.75, 3.05) is 17.8 Å². The van der Waals surface area contributed by atoms with Crippen molar-refractivity contribution in [3.8, 4) is 0 Å². The zero-order chi connectivity index (χ0) is 10.3. The normalized spacial score (nSPS) is 33.4. The van der Waals surface area contributed by atoms with Crippen LogP contribution in [-0.2, 0) is 24.1 Å². The molecule has 1 saturated heterocycles. The summed E-state index contributed by atoms with van der Waals surface area (Å²) in [5.74, 6) is -1.23. The van der Waals surface area contributed by atoms with Crippen molar-refractivity contribution in [1.29, 1.82) is 0 Å². The lowest BCUT2D eigenvalue weighted by atomic mass is 10.3. The molecule has 78 valence electrons. The Morgan fingerprint density at radius 1 is 1.38 bits per heavy atom. The second-order valence-corrected chi connectivity index (χ2v) is 6.69. The number of halogens is 1. The molecule has 0 aromatic heterocycles. The van der Waals surface area contributed by atoms with Gasteiger partial charge in [0.15, 0.2) is 9.84 Å². The summed E-state index contributed by atoms with van der Waals surface area (Å²) in [5, 5.41) is 0. The fraction of sp³-hybridized carbons (Fsp3) is 1.00. The van der Waals surface area contributed by atoms with Gasteiger partial charge in [-0.05, 0) is 0 Å². The maximum absolute atomic E-state index is 12.8. The summed E-state index contributed by atoms with van der Waals surface area (Å²) >= 11 is 0. The third kappa shape index (κ3) is 3.20. The van der Waals surface area contributed by atoms with Crippen molar-refractivity contribution in [1.82, 2.24) is 0 Å². The van der Waals surface area contributed by atoms with E-state index in [2.05, 4.69) is 4.18 Å². The van der Waals surface area contributed by atoms with Gasteiger partial charge < -0.3 is 0 Å². The number of hydrogen-bond acceptors (Lipinski definition) is 5. The van der Waals surface area contributed by atoms with E-state index in [0.717, 1.165) is 6.26 Å². The van der Waals surface area contributed by atoms with Gasteiger partial charge in [-0.2, -0.15) is 8.42 Å². The number of hydrogen-bond donors (Lipinski definition) is 0. The summed E-state index contributed by atoms with van der Waals surface area (Å²) in [5.41, 5.74) is 0. The average Bonchev–Trinajstić information content (AvgIpc) is 2.00. The molecule has 1 aliphatic rings. The van der Waals surface area contributed by atoms with Gasteiger partial charge in [-0.25, -0.2) is 12.8 Å². The van der Waals surface area contributed by atoms with E-state index in [4.69, 9.17) is 0 Å². The summed E-state index contributed by atoms with van der Waals surface area (Å²) in [4.78, 5) is 0. The smallest absolute Gasteiger partial charge is 0.263 e. The van der Waals surface area contributed by atoms with E-state index in [1.165, 1.54) is 0 Å². The summed E-state index contributed by atoms with van der Waals surface area (Å²) in [6.45, 7) is 0. The van der Waals surface area contributed by atoms with E-state index in [-0.39, 0.29) is 0 Å². The van der Waals surface area contributed by atoms with Crippen LogP contribution < -0.4 is 0 Å². The predicted octanol–water partition coefficient (Wildman–Crippen LogP) is -0.902. The SMILES string of the molecule is CS(=O)(=O)OC1CS(=O)(=O)CC1F. The first kappa shape index (κ1) is 10.9. The number of alkyl halides is 1. The molecular formula is C5H9FO5S2. The monoisotopic (exact) mass is 232 g/mol. The Labute approximate surface area is 75.9 Å². The van der Waals surface area contributed by atoms with Gasteiger partial charge in [0.1, 0.15) is 12.3 Å². The van der Waals surface area contributed by atoms with Gasteiger partial charge in [0.2, 0.25) is 0 Å². The first-order valence-electron chi connectivity index (χ1n) is 3.42. The molecule has 2 atom stereocenters. The molecule has 1 aliphatic heterocycles. The highest BCUT2D eigenvalue weighted by molar-refractivity contribution is 7.91. The molecule has 0 bridgehead atoms. The third-order valence-electron chi connectivity index (χ3n) is 1.53. The minimum atomic E-state index is -3.80. The van der Waals surface area contributed by atoms with Gasteiger partial charge in [-0.15, -0.1) is 0 Å². The van der Waals surface area contributed by atoms with Crippen LogP contribution in [0.5, 0.6) is 0 Å². The summed E-state index contributed by atoms with van der Waals surface area (Å²) in [6.07, 6.45) is -2.37. The Morgan fingerprint density at radius 2 is 1.92 bits per heavy atom. The predicted molar refractivity (Wildman–Crippen MR) is 43.3 cm³/mol. The molecule has 13 heavy (non-hydrogen) atoms. The van der Waals surface area contributed by atoms with Crippen LogP contribution in [0.3, 0.4) is 0 Å². The second kappa shape index (κ2) is 3.18. The first-order valence-corrected chi connectivity index (χ1v) is 7.06. The Balaban J connectivity index is 2.76. The quantitative estimate of drug-likeness (QED) is 0.576. The molecule has 0 amide bonds. The van der Waals surface area contributed by atoms with Gasteiger partial charge >= 0.3 is 0 Å². The fourth-order valence-corrected chi connectivity index (χ4v) is 3.42. The van der Waals surface area contributed by atoms with Gasteiger partial charge in [0.05, 0.1) is 17.8 Å². The summed E-state index contributed by atoms with van der Waals surface area (Å²) < 4.78 is 59.9. The summed E-state index contributed by atoms with van der Waals surface area (Å²) in [6, 6.07) is 0. The molecule has 0 aliphatic carbocycles. The van der Waals surface area contributed by atoms with Crippen LogP contribution in [0.25, 0.3) is 0 Å². The van der Waals surface area contributed by atoms with Crippen molar-refractivity contribution in [2.24, 2.45) is 0 Å². The van der Waals surface area contributed by atoms with Crippen LogP contribution in [0.15, 0.2) is 0 Å². The molecule has 0 aromatic rings.